The van der Waals surface area contributed by atoms with Crippen LogP contribution in [0.3, 0.4) is 0 Å². The lowest BCUT2D eigenvalue weighted by atomic mass is 10.1. The van der Waals surface area contributed by atoms with E-state index < -0.39 is 0 Å². The smallest absolute Gasteiger partial charge is 0.221 e. The first-order valence-corrected chi connectivity index (χ1v) is 10.0. The number of nitrogen functional groups attached to an aromatic ring is 2. The molecule has 0 amide bonds. The highest BCUT2D eigenvalue weighted by molar-refractivity contribution is 5.85. The Morgan fingerprint density at radius 2 is 1.56 bits per heavy atom. The number of unbranched alkanes of at least 4 members (excludes halogenated alkanes) is 1. The Balaban J connectivity index is 0.00000363. The van der Waals surface area contributed by atoms with Crippen LogP contribution in [0.2, 0.25) is 0 Å². The maximum atomic E-state index is 6.01. The molecule has 172 valence electrons. The maximum Gasteiger partial charge on any atom is 0.221 e. The Labute approximate surface area is 194 Å². The van der Waals surface area contributed by atoms with Gasteiger partial charge in [-0.1, -0.05) is 18.2 Å². The molecule has 32 heavy (non-hydrogen) atoms. The molecule has 0 atom stereocenters. The fourth-order valence-electron chi connectivity index (χ4n) is 3.08. The Kier molecular flexibility index (Phi) is 9.69. The molecule has 1 heterocycles. The number of para-hydroxylation sites is 1. The first-order valence-electron chi connectivity index (χ1n) is 10.0. The third-order valence-corrected chi connectivity index (χ3v) is 4.62. The van der Waals surface area contributed by atoms with Crippen LogP contribution in [-0.4, -0.2) is 37.4 Å². The van der Waals surface area contributed by atoms with E-state index in [9.17, 15) is 0 Å². The lowest BCUT2D eigenvalue weighted by molar-refractivity contribution is 0.254. The molecule has 0 radical (unpaired) electrons. The predicted octanol–water partition coefficient (Wildman–Crippen LogP) is 3.91. The average molecular weight is 461 g/mol. The monoisotopic (exact) mass is 460 g/mol. The molecular weight excluding hydrogens is 432 g/mol. The Morgan fingerprint density at radius 3 is 2.22 bits per heavy atom. The molecule has 8 nitrogen and oxygen atoms in total. The summed E-state index contributed by atoms with van der Waals surface area (Å²) >= 11 is 0. The van der Waals surface area contributed by atoms with E-state index in [0.29, 0.717) is 42.7 Å². The quantitative estimate of drug-likeness (QED) is 0.414. The number of aromatic nitrogens is 2. The molecule has 9 heteroatoms. The van der Waals surface area contributed by atoms with E-state index in [1.165, 1.54) is 0 Å². The van der Waals surface area contributed by atoms with Gasteiger partial charge in [-0.05, 0) is 42.7 Å². The number of hydrogen-bond acceptors (Lipinski definition) is 8. The van der Waals surface area contributed by atoms with Gasteiger partial charge < -0.3 is 30.4 Å². The standard InChI is InChI=1S/C23H28N4O4.ClH/c1-28-19-13-16(12-17-15-26-23(25)27-22(17)24)14-20(21(19)29-2)31-11-7-6-10-30-18-8-4-3-5-9-18;/h3-5,8-9,13-15H,6-7,10-12H2,1-2H3,(H4,24,25,26,27);1H. The number of halogens is 1. The second-order valence-corrected chi connectivity index (χ2v) is 6.86. The normalized spacial score (nSPS) is 10.2. The maximum absolute atomic E-state index is 6.01. The highest BCUT2D eigenvalue weighted by Crippen LogP contribution is 2.39. The largest absolute Gasteiger partial charge is 0.494 e. The number of nitrogens with zero attached hydrogens (tertiary/aromatic N) is 2. The molecule has 0 saturated carbocycles. The number of rotatable bonds is 11. The number of hydrogen-bond donors (Lipinski definition) is 2. The molecule has 3 rings (SSSR count). The van der Waals surface area contributed by atoms with Gasteiger partial charge in [0.2, 0.25) is 11.7 Å². The topological polar surface area (TPSA) is 115 Å². The van der Waals surface area contributed by atoms with E-state index >= 15 is 0 Å². The van der Waals surface area contributed by atoms with Crippen LogP contribution in [0.1, 0.15) is 24.0 Å². The van der Waals surface area contributed by atoms with Crippen molar-refractivity contribution in [1.82, 2.24) is 9.97 Å². The summed E-state index contributed by atoms with van der Waals surface area (Å²) in [6.07, 6.45) is 3.84. The summed E-state index contributed by atoms with van der Waals surface area (Å²) in [7, 11) is 3.18. The third-order valence-electron chi connectivity index (χ3n) is 4.62. The molecule has 2 aromatic carbocycles. The number of nitrogens with two attached hydrogens (primary N) is 2. The average Bonchev–Trinajstić information content (AvgIpc) is 2.78. The van der Waals surface area contributed by atoms with Crippen LogP contribution in [-0.2, 0) is 6.42 Å². The molecule has 0 fully saturated rings. The molecule has 0 bridgehead atoms. The van der Waals surface area contributed by atoms with Crippen molar-refractivity contribution in [3.05, 3.63) is 59.8 Å². The number of methoxy groups -OCH3 is 2. The van der Waals surface area contributed by atoms with E-state index in [1.54, 1.807) is 20.4 Å². The van der Waals surface area contributed by atoms with Crippen LogP contribution in [0.15, 0.2) is 48.7 Å². The van der Waals surface area contributed by atoms with Crippen LogP contribution in [0.4, 0.5) is 11.8 Å². The lowest BCUT2D eigenvalue weighted by Crippen LogP contribution is -2.06. The predicted molar refractivity (Wildman–Crippen MR) is 127 cm³/mol. The van der Waals surface area contributed by atoms with Gasteiger partial charge in [0, 0.05) is 18.2 Å². The summed E-state index contributed by atoms with van der Waals surface area (Å²) in [5.74, 6) is 3.10. The highest BCUT2D eigenvalue weighted by atomic mass is 35.5. The van der Waals surface area contributed by atoms with Crippen molar-refractivity contribution >= 4 is 24.2 Å². The summed E-state index contributed by atoms with van der Waals surface area (Å²) in [5.41, 5.74) is 13.3. The summed E-state index contributed by atoms with van der Waals surface area (Å²) in [4.78, 5) is 8.04. The van der Waals surface area contributed by atoms with Gasteiger partial charge >= 0.3 is 0 Å². The molecule has 0 spiro atoms. The van der Waals surface area contributed by atoms with E-state index in [2.05, 4.69) is 9.97 Å². The minimum atomic E-state index is 0. The summed E-state index contributed by atoms with van der Waals surface area (Å²) < 4.78 is 22.7. The minimum Gasteiger partial charge on any atom is -0.494 e. The van der Waals surface area contributed by atoms with Crippen LogP contribution in [0, 0.1) is 0 Å². The third kappa shape index (κ3) is 6.81. The van der Waals surface area contributed by atoms with E-state index in [4.69, 9.17) is 30.4 Å². The summed E-state index contributed by atoms with van der Waals surface area (Å²) in [6, 6.07) is 13.6. The Morgan fingerprint density at radius 1 is 0.875 bits per heavy atom. The molecule has 0 aliphatic heterocycles. The second-order valence-electron chi connectivity index (χ2n) is 6.86. The van der Waals surface area contributed by atoms with Crippen molar-refractivity contribution < 1.29 is 18.9 Å². The molecule has 0 aliphatic carbocycles. The van der Waals surface area contributed by atoms with Gasteiger partial charge in [0.05, 0.1) is 27.4 Å². The zero-order valence-electron chi connectivity index (χ0n) is 18.2. The van der Waals surface area contributed by atoms with Crippen molar-refractivity contribution in [3.63, 3.8) is 0 Å². The number of anilines is 2. The van der Waals surface area contributed by atoms with Gasteiger partial charge in [-0.3, -0.25) is 0 Å². The Bertz CT molecular complexity index is 989. The highest BCUT2D eigenvalue weighted by Gasteiger charge is 2.15. The zero-order chi connectivity index (χ0) is 22.1. The van der Waals surface area contributed by atoms with Crippen LogP contribution < -0.4 is 30.4 Å². The summed E-state index contributed by atoms with van der Waals surface area (Å²) in [5, 5.41) is 0. The zero-order valence-corrected chi connectivity index (χ0v) is 19.1. The number of benzene rings is 2. The molecular formula is C23H29ClN4O4. The molecule has 0 aliphatic rings. The van der Waals surface area contributed by atoms with Crippen molar-refractivity contribution in [2.75, 3.05) is 38.9 Å². The van der Waals surface area contributed by atoms with Crippen LogP contribution in [0.5, 0.6) is 23.0 Å². The molecule has 1 aromatic heterocycles. The number of ether oxygens (including phenoxy) is 4. The minimum absolute atomic E-state index is 0. The van der Waals surface area contributed by atoms with Crippen LogP contribution >= 0.6 is 12.4 Å². The van der Waals surface area contributed by atoms with Gasteiger partial charge in [0.1, 0.15) is 11.6 Å². The van der Waals surface area contributed by atoms with Gasteiger partial charge in [0.15, 0.2) is 11.5 Å². The molecule has 0 saturated heterocycles. The van der Waals surface area contributed by atoms with Crippen molar-refractivity contribution in [2.45, 2.75) is 19.3 Å². The lowest BCUT2D eigenvalue weighted by Gasteiger charge is -2.16. The van der Waals surface area contributed by atoms with Gasteiger partial charge in [0.25, 0.3) is 0 Å². The second kappa shape index (κ2) is 12.5. The first-order chi connectivity index (χ1) is 15.1. The SMILES string of the molecule is COc1cc(Cc2cnc(N)nc2N)cc(OCCCCOc2ccccc2)c1OC.Cl. The van der Waals surface area contributed by atoms with E-state index in [0.717, 1.165) is 29.7 Å². The first kappa shape index (κ1) is 24.9. The van der Waals surface area contributed by atoms with Crippen molar-refractivity contribution in [2.24, 2.45) is 0 Å². The van der Waals surface area contributed by atoms with E-state index in [1.807, 2.05) is 42.5 Å². The van der Waals surface area contributed by atoms with Crippen LogP contribution in [0.25, 0.3) is 0 Å². The van der Waals surface area contributed by atoms with Crippen molar-refractivity contribution in [1.29, 1.82) is 0 Å². The summed E-state index contributed by atoms with van der Waals surface area (Å²) in [6.45, 7) is 1.15. The fourth-order valence-corrected chi connectivity index (χ4v) is 3.08. The van der Waals surface area contributed by atoms with Gasteiger partial charge in [-0.15, -0.1) is 12.4 Å². The Hall–Kier alpha value is -3.39. The molecule has 3 aromatic rings. The molecule has 0 unspecified atom stereocenters. The van der Waals surface area contributed by atoms with Gasteiger partial charge in [-0.25, -0.2) is 4.98 Å². The fraction of sp³-hybridized carbons (Fsp3) is 0.304. The van der Waals surface area contributed by atoms with Crippen molar-refractivity contribution in [3.8, 4) is 23.0 Å². The molecule has 4 N–H and O–H groups in total. The van der Waals surface area contributed by atoms with Gasteiger partial charge in [-0.2, -0.15) is 4.98 Å². The van der Waals surface area contributed by atoms with E-state index in [-0.39, 0.29) is 18.4 Å².